The van der Waals surface area contributed by atoms with Gasteiger partial charge in [0.1, 0.15) is 0 Å². The van der Waals surface area contributed by atoms with E-state index in [1.165, 1.54) is 12.8 Å². The van der Waals surface area contributed by atoms with Crippen LogP contribution in [0.4, 0.5) is 0 Å². The molecule has 0 saturated carbocycles. The lowest BCUT2D eigenvalue weighted by Crippen LogP contribution is -2.52. The average molecular weight is 339 g/mol. The van der Waals surface area contributed by atoms with Crippen molar-refractivity contribution >= 4 is 21.8 Å². The largest absolute Gasteiger partial charge is 0.354 e. The van der Waals surface area contributed by atoms with E-state index in [0.717, 1.165) is 16.6 Å². The SMILES string of the molecule is CC1(C)CCCNC1CNC(=O)Cc1ccc(Br)cc1. The van der Waals surface area contributed by atoms with Gasteiger partial charge in [0.25, 0.3) is 0 Å². The lowest BCUT2D eigenvalue weighted by Gasteiger charge is -2.39. The Morgan fingerprint density at radius 2 is 2.10 bits per heavy atom. The number of benzene rings is 1. The monoisotopic (exact) mass is 338 g/mol. The molecular weight excluding hydrogens is 316 g/mol. The van der Waals surface area contributed by atoms with Crippen LogP contribution >= 0.6 is 15.9 Å². The first-order valence-corrected chi connectivity index (χ1v) is 8.01. The molecule has 1 saturated heterocycles. The van der Waals surface area contributed by atoms with Crippen LogP contribution in [0, 0.1) is 5.41 Å². The molecule has 110 valence electrons. The summed E-state index contributed by atoms with van der Waals surface area (Å²) in [7, 11) is 0. The molecule has 3 nitrogen and oxygen atoms in total. The van der Waals surface area contributed by atoms with Crippen LogP contribution in [0.15, 0.2) is 28.7 Å². The van der Waals surface area contributed by atoms with E-state index in [1.807, 2.05) is 24.3 Å². The van der Waals surface area contributed by atoms with E-state index in [0.29, 0.717) is 19.0 Å². The minimum Gasteiger partial charge on any atom is -0.354 e. The number of hydrogen-bond acceptors (Lipinski definition) is 2. The second kappa shape index (κ2) is 6.72. The van der Waals surface area contributed by atoms with Crippen LogP contribution in [0.1, 0.15) is 32.3 Å². The van der Waals surface area contributed by atoms with E-state index in [1.54, 1.807) is 0 Å². The van der Waals surface area contributed by atoms with Crippen molar-refractivity contribution in [2.45, 2.75) is 39.2 Å². The molecule has 2 rings (SSSR count). The summed E-state index contributed by atoms with van der Waals surface area (Å²) >= 11 is 3.40. The third-order valence-electron chi connectivity index (χ3n) is 4.11. The zero-order valence-electron chi connectivity index (χ0n) is 12.2. The van der Waals surface area contributed by atoms with Gasteiger partial charge in [0.05, 0.1) is 6.42 Å². The summed E-state index contributed by atoms with van der Waals surface area (Å²) in [5.74, 6) is 0.0931. The van der Waals surface area contributed by atoms with Gasteiger partial charge >= 0.3 is 0 Å². The number of amides is 1. The number of carbonyl (C=O) groups is 1. The highest BCUT2D eigenvalue weighted by molar-refractivity contribution is 9.10. The molecule has 4 heteroatoms. The Balaban J connectivity index is 1.81. The Morgan fingerprint density at radius 1 is 1.40 bits per heavy atom. The number of piperidine rings is 1. The lowest BCUT2D eigenvalue weighted by molar-refractivity contribution is -0.120. The maximum atomic E-state index is 12.0. The van der Waals surface area contributed by atoms with Crippen molar-refractivity contribution in [3.63, 3.8) is 0 Å². The Bertz CT molecular complexity index is 456. The number of rotatable bonds is 4. The Morgan fingerprint density at radius 3 is 2.75 bits per heavy atom. The van der Waals surface area contributed by atoms with E-state index in [-0.39, 0.29) is 11.3 Å². The fourth-order valence-electron chi connectivity index (χ4n) is 2.69. The molecule has 20 heavy (non-hydrogen) atoms. The maximum absolute atomic E-state index is 12.0. The predicted molar refractivity (Wildman–Crippen MR) is 85.7 cm³/mol. The highest BCUT2D eigenvalue weighted by Crippen LogP contribution is 2.29. The van der Waals surface area contributed by atoms with Crippen LogP contribution in [0.25, 0.3) is 0 Å². The normalized spacial score (nSPS) is 21.4. The van der Waals surface area contributed by atoms with Crippen LogP contribution < -0.4 is 10.6 Å². The van der Waals surface area contributed by atoms with Gasteiger partial charge in [-0.2, -0.15) is 0 Å². The molecule has 1 amide bonds. The molecule has 1 atom stereocenters. The van der Waals surface area contributed by atoms with Crippen molar-refractivity contribution in [3.05, 3.63) is 34.3 Å². The van der Waals surface area contributed by atoms with Crippen molar-refractivity contribution < 1.29 is 4.79 Å². The molecule has 1 aromatic rings. The molecule has 0 aromatic heterocycles. The minimum absolute atomic E-state index is 0.0931. The molecule has 0 spiro atoms. The third-order valence-corrected chi connectivity index (χ3v) is 4.64. The van der Waals surface area contributed by atoms with E-state index < -0.39 is 0 Å². The third kappa shape index (κ3) is 4.32. The molecule has 0 bridgehead atoms. The predicted octanol–water partition coefficient (Wildman–Crippen LogP) is 2.89. The Hall–Kier alpha value is -0.870. The molecule has 1 fully saturated rings. The van der Waals surface area contributed by atoms with Crippen molar-refractivity contribution in [1.29, 1.82) is 0 Å². The number of carbonyl (C=O) groups excluding carboxylic acids is 1. The second-order valence-corrected chi connectivity index (χ2v) is 7.12. The van der Waals surface area contributed by atoms with E-state index in [9.17, 15) is 4.79 Å². The van der Waals surface area contributed by atoms with Gasteiger partial charge in [0.2, 0.25) is 5.91 Å². The lowest BCUT2D eigenvalue weighted by atomic mass is 9.77. The molecule has 1 heterocycles. The average Bonchev–Trinajstić information content (AvgIpc) is 2.40. The van der Waals surface area contributed by atoms with Crippen LogP contribution in [0.2, 0.25) is 0 Å². The molecule has 1 aromatic carbocycles. The first-order chi connectivity index (χ1) is 9.47. The number of halogens is 1. The molecule has 1 aliphatic heterocycles. The van der Waals surface area contributed by atoms with Gasteiger partial charge < -0.3 is 10.6 Å². The molecule has 2 N–H and O–H groups in total. The fraction of sp³-hybridized carbons (Fsp3) is 0.562. The molecule has 0 radical (unpaired) electrons. The highest BCUT2D eigenvalue weighted by atomic mass is 79.9. The summed E-state index contributed by atoms with van der Waals surface area (Å²) in [6, 6.07) is 8.26. The minimum atomic E-state index is 0.0931. The topological polar surface area (TPSA) is 41.1 Å². The summed E-state index contributed by atoms with van der Waals surface area (Å²) in [6.45, 7) is 6.30. The van der Waals surface area contributed by atoms with Crippen LogP contribution in [0.3, 0.4) is 0 Å². The number of nitrogens with one attached hydrogen (secondary N) is 2. The highest BCUT2D eigenvalue weighted by Gasteiger charge is 2.31. The molecule has 1 aliphatic rings. The first-order valence-electron chi connectivity index (χ1n) is 7.22. The van der Waals surface area contributed by atoms with Crippen molar-refractivity contribution in [3.8, 4) is 0 Å². The second-order valence-electron chi connectivity index (χ2n) is 6.21. The standard InChI is InChI=1S/C16H23BrN2O/c1-16(2)8-3-9-18-14(16)11-19-15(20)10-12-4-6-13(17)7-5-12/h4-7,14,18H,3,8-11H2,1-2H3,(H,19,20). The maximum Gasteiger partial charge on any atom is 0.224 e. The van der Waals surface area contributed by atoms with E-state index in [4.69, 9.17) is 0 Å². The summed E-state index contributed by atoms with van der Waals surface area (Å²) < 4.78 is 1.04. The van der Waals surface area contributed by atoms with Crippen molar-refractivity contribution in [1.82, 2.24) is 10.6 Å². The van der Waals surface area contributed by atoms with Gasteiger partial charge in [-0.1, -0.05) is 41.9 Å². The molecular formula is C16H23BrN2O. The zero-order chi connectivity index (χ0) is 14.6. The summed E-state index contributed by atoms with van der Waals surface area (Å²) in [4.78, 5) is 12.0. The van der Waals surface area contributed by atoms with Gasteiger partial charge in [-0.25, -0.2) is 0 Å². The summed E-state index contributed by atoms with van der Waals surface area (Å²) in [5.41, 5.74) is 1.30. The Labute approximate surface area is 129 Å². The Kier molecular flexibility index (Phi) is 5.22. The quantitative estimate of drug-likeness (QED) is 0.886. The van der Waals surface area contributed by atoms with Crippen molar-refractivity contribution in [2.24, 2.45) is 5.41 Å². The van der Waals surface area contributed by atoms with Crippen LogP contribution in [0.5, 0.6) is 0 Å². The van der Waals surface area contributed by atoms with Gasteiger partial charge in [-0.15, -0.1) is 0 Å². The van der Waals surface area contributed by atoms with Gasteiger partial charge in [-0.3, -0.25) is 4.79 Å². The molecule has 1 unspecified atom stereocenters. The van der Waals surface area contributed by atoms with E-state index in [2.05, 4.69) is 40.4 Å². The zero-order valence-corrected chi connectivity index (χ0v) is 13.8. The van der Waals surface area contributed by atoms with Crippen LogP contribution in [-0.2, 0) is 11.2 Å². The molecule has 0 aliphatic carbocycles. The van der Waals surface area contributed by atoms with Gasteiger partial charge in [-0.05, 0) is 42.5 Å². The fourth-order valence-corrected chi connectivity index (χ4v) is 2.95. The smallest absolute Gasteiger partial charge is 0.224 e. The summed E-state index contributed by atoms with van der Waals surface area (Å²) in [5, 5.41) is 6.57. The van der Waals surface area contributed by atoms with Crippen LogP contribution in [-0.4, -0.2) is 25.0 Å². The van der Waals surface area contributed by atoms with E-state index >= 15 is 0 Å². The van der Waals surface area contributed by atoms with Gasteiger partial charge in [0.15, 0.2) is 0 Å². The summed E-state index contributed by atoms with van der Waals surface area (Å²) in [6.07, 6.45) is 2.88. The number of hydrogen-bond donors (Lipinski definition) is 2. The van der Waals surface area contributed by atoms with Crippen molar-refractivity contribution in [2.75, 3.05) is 13.1 Å². The van der Waals surface area contributed by atoms with Gasteiger partial charge in [0, 0.05) is 17.1 Å². The first kappa shape index (κ1) is 15.5.